The van der Waals surface area contributed by atoms with Crippen LogP contribution in [0.5, 0.6) is 5.88 Å². The van der Waals surface area contributed by atoms with Crippen molar-refractivity contribution in [3.05, 3.63) is 23.4 Å². The molecule has 0 bridgehead atoms. The van der Waals surface area contributed by atoms with Crippen molar-refractivity contribution >= 4 is 5.95 Å². The molecular weight excluding hydrogens is 453 g/mol. The lowest BCUT2D eigenvalue weighted by Crippen LogP contribution is -2.39. The second-order valence-electron chi connectivity index (χ2n) is 8.89. The highest BCUT2D eigenvalue weighted by molar-refractivity contribution is 5.36. The molecule has 2 aromatic heterocycles. The first kappa shape index (κ1) is 22.8. The number of rotatable bonds is 6. The van der Waals surface area contributed by atoms with Crippen LogP contribution < -0.4 is 10.1 Å². The molecule has 1 aliphatic carbocycles. The first-order valence-corrected chi connectivity index (χ1v) is 11.4. The Morgan fingerprint density at radius 1 is 1.24 bits per heavy atom. The number of nitrogens with one attached hydrogen (secondary N) is 1. The SMILES string of the molecule is N#CCN1CCn2c(nnc2[C@H]2CCC[C@@H](Nc3ncc(C(F)(F)F)c(OC4COC4)n3)C2)C1. The molecule has 1 saturated carbocycles. The molecule has 2 atom stereocenters. The molecule has 0 radical (unpaired) electrons. The quantitative estimate of drug-likeness (QED) is 0.625. The highest BCUT2D eigenvalue weighted by Crippen LogP contribution is 2.37. The summed E-state index contributed by atoms with van der Waals surface area (Å²) in [5.74, 6) is 1.61. The highest BCUT2D eigenvalue weighted by atomic mass is 19.4. The molecule has 0 amide bonds. The molecule has 2 fully saturated rings. The number of anilines is 1. The molecule has 1 N–H and O–H groups in total. The lowest BCUT2D eigenvalue weighted by Gasteiger charge is -2.31. The Morgan fingerprint density at radius 2 is 2.09 bits per heavy atom. The van der Waals surface area contributed by atoms with Gasteiger partial charge in [0, 0.05) is 31.2 Å². The van der Waals surface area contributed by atoms with Crippen LogP contribution in [0.15, 0.2) is 6.20 Å². The summed E-state index contributed by atoms with van der Waals surface area (Å²) in [5, 5.41) is 20.9. The van der Waals surface area contributed by atoms with Gasteiger partial charge < -0.3 is 19.4 Å². The Bertz CT molecular complexity index is 1070. The Morgan fingerprint density at radius 3 is 2.82 bits per heavy atom. The molecule has 2 aliphatic heterocycles. The average molecular weight is 478 g/mol. The Balaban J connectivity index is 1.28. The summed E-state index contributed by atoms with van der Waals surface area (Å²) in [6.07, 6.45) is -0.778. The molecule has 13 heteroatoms. The van der Waals surface area contributed by atoms with Gasteiger partial charge in [-0.2, -0.15) is 23.4 Å². The van der Waals surface area contributed by atoms with Crippen LogP contribution >= 0.6 is 0 Å². The van der Waals surface area contributed by atoms with E-state index in [1.807, 2.05) is 4.90 Å². The fourth-order valence-electron chi connectivity index (χ4n) is 4.67. The summed E-state index contributed by atoms with van der Waals surface area (Å²) in [6.45, 7) is 2.96. The van der Waals surface area contributed by atoms with Gasteiger partial charge in [0.1, 0.15) is 23.3 Å². The minimum absolute atomic E-state index is 0.0120. The largest absolute Gasteiger partial charge is 0.469 e. The van der Waals surface area contributed by atoms with Gasteiger partial charge in [-0.15, -0.1) is 10.2 Å². The van der Waals surface area contributed by atoms with Gasteiger partial charge in [0.2, 0.25) is 11.8 Å². The highest BCUT2D eigenvalue weighted by Gasteiger charge is 2.38. The molecule has 5 rings (SSSR count). The summed E-state index contributed by atoms with van der Waals surface area (Å²) in [7, 11) is 0. The number of halogens is 3. The number of fused-ring (bicyclic) bond motifs is 1. The molecular formula is C21H25F3N8O2. The number of nitriles is 1. The normalized spacial score (nSPS) is 23.6. The van der Waals surface area contributed by atoms with Crippen LogP contribution in [0.1, 0.15) is 48.8 Å². The Kier molecular flexibility index (Phi) is 6.26. The minimum Gasteiger partial charge on any atom is -0.469 e. The fraction of sp³-hybridized carbons (Fsp3) is 0.667. The summed E-state index contributed by atoms with van der Waals surface area (Å²) in [4.78, 5) is 10.0. The van der Waals surface area contributed by atoms with Crippen LogP contribution in [0, 0.1) is 11.3 Å². The predicted molar refractivity (Wildman–Crippen MR) is 112 cm³/mol. The standard InChI is InChI=1S/C21H25F3N8O2/c22-21(23,24)16-9-26-20(28-19(16)34-15-11-33-12-15)27-14-3-1-2-13(8-14)18-30-29-17-10-31(5-4-25)6-7-32(17)18/h9,13-15H,1-3,5-8,10-12H2,(H,26,27,28)/t13-,14+/m0/s1. The van der Waals surface area contributed by atoms with E-state index in [-0.39, 0.29) is 31.1 Å². The smallest absolute Gasteiger partial charge is 0.423 e. The van der Waals surface area contributed by atoms with Crippen molar-refractivity contribution in [3.63, 3.8) is 0 Å². The number of alkyl halides is 3. The predicted octanol–water partition coefficient (Wildman–Crippen LogP) is 2.34. The second kappa shape index (κ2) is 9.34. The van der Waals surface area contributed by atoms with E-state index in [0.29, 0.717) is 13.1 Å². The monoisotopic (exact) mass is 478 g/mol. The van der Waals surface area contributed by atoms with Crippen LogP contribution in [0.3, 0.4) is 0 Å². The van der Waals surface area contributed by atoms with Gasteiger partial charge in [0.05, 0.1) is 32.4 Å². The maximum absolute atomic E-state index is 13.4. The summed E-state index contributed by atoms with van der Waals surface area (Å²) >= 11 is 0. The lowest BCUT2D eigenvalue weighted by molar-refractivity contribution is -0.142. The molecule has 0 aromatic carbocycles. The van der Waals surface area contributed by atoms with Crippen LogP contribution in [0.2, 0.25) is 0 Å². The van der Waals surface area contributed by atoms with Gasteiger partial charge in [-0.25, -0.2) is 4.98 Å². The third kappa shape index (κ3) is 4.78. The fourth-order valence-corrected chi connectivity index (χ4v) is 4.67. The lowest BCUT2D eigenvalue weighted by atomic mass is 9.85. The van der Waals surface area contributed by atoms with Crippen LogP contribution in [0.4, 0.5) is 19.1 Å². The topological polar surface area (TPSA) is 114 Å². The number of aromatic nitrogens is 5. The molecule has 1 saturated heterocycles. The van der Waals surface area contributed by atoms with Gasteiger partial charge in [-0.3, -0.25) is 4.90 Å². The van der Waals surface area contributed by atoms with Crippen LogP contribution in [0.25, 0.3) is 0 Å². The number of hydrogen-bond acceptors (Lipinski definition) is 9. The molecule has 34 heavy (non-hydrogen) atoms. The van der Waals surface area contributed by atoms with E-state index >= 15 is 0 Å². The maximum Gasteiger partial charge on any atom is 0.423 e. The van der Waals surface area contributed by atoms with Crippen LogP contribution in [-0.4, -0.2) is 68.1 Å². The molecule has 182 valence electrons. The zero-order valence-corrected chi connectivity index (χ0v) is 18.5. The van der Waals surface area contributed by atoms with E-state index in [1.54, 1.807) is 0 Å². The maximum atomic E-state index is 13.4. The van der Waals surface area contributed by atoms with Gasteiger partial charge >= 0.3 is 6.18 Å². The van der Waals surface area contributed by atoms with Crippen molar-refractivity contribution in [3.8, 4) is 11.9 Å². The van der Waals surface area contributed by atoms with E-state index in [2.05, 4.69) is 36.1 Å². The molecule has 3 aliphatic rings. The van der Waals surface area contributed by atoms with Crippen LogP contribution in [-0.2, 0) is 24.0 Å². The number of hydrogen-bond donors (Lipinski definition) is 1. The molecule has 10 nitrogen and oxygen atoms in total. The third-order valence-electron chi connectivity index (χ3n) is 6.47. The molecule has 0 spiro atoms. The first-order valence-electron chi connectivity index (χ1n) is 11.4. The van der Waals surface area contributed by atoms with E-state index < -0.39 is 23.7 Å². The number of ether oxygens (including phenoxy) is 2. The van der Waals surface area contributed by atoms with Gasteiger partial charge in [0.25, 0.3) is 0 Å². The Labute approximate surface area is 194 Å². The zero-order valence-electron chi connectivity index (χ0n) is 18.5. The van der Waals surface area contributed by atoms with Gasteiger partial charge in [0.15, 0.2) is 0 Å². The Hall–Kier alpha value is -2.98. The van der Waals surface area contributed by atoms with Crippen molar-refractivity contribution in [1.82, 2.24) is 29.6 Å². The van der Waals surface area contributed by atoms with Crippen molar-refractivity contribution in [2.24, 2.45) is 0 Å². The second-order valence-corrected chi connectivity index (χ2v) is 8.89. The zero-order chi connectivity index (χ0) is 23.7. The van der Waals surface area contributed by atoms with Gasteiger partial charge in [-0.1, -0.05) is 6.42 Å². The first-order chi connectivity index (χ1) is 16.4. The van der Waals surface area contributed by atoms with Gasteiger partial charge in [-0.05, 0) is 19.3 Å². The molecule has 2 aromatic rings. The number of nitrogens with zero attached hydrogens (tertiary/aromatic N) is 7. The van der Waals surface area contributed by atoms with E-state index in [1.165, 1.54) is 0 Å². The van der Waals surface area contributed by atoms with Crippen molar-refractivity contribution in [2.75, 3.05) is 31.6 Å². The summed E-state index contributed by atoms with van der Waals surface area (Å²) < 4.78 is 52.7. The van der Waals surface area contributed by atoms with E-state index in [4.69, 9.17) is 14.7 Å². The third-order valence-corrected chi connectivity index (χ3v) is 6.47. The van der Waals surface area contributed by atoms with Crippen molar-refractivity contribution in [1.29, 1.82) is 5.26 Å². The summed E-state index contributed by atoms with van der Waals surface area (Å²) in [5.41, 5.74) is -0.994. The minimum atomic E-state index is -4.61. The van der Waals surface area contributed by atoms with Crippen molar-refractivity contribution < 1.29 is 22.6 Å². The van der Waals surface area contributed by atoms with E-state index in [0.717, 1.165) is 56.6 Å². The average Bonchev–Trinajstić information content (AvgIpc) is 3.19. The summed E-state index contributed by atoms with van der Waals surface area (Å²) in [6, 6.07) is 2.16. The molecule has 4 heterocycles. The van der Waals surface area contributed by atoms with E-state index in [9.17, 15) is 13.2 Å². The van der Waals surface area contributed by atoms with Crippen molar-refractivity contribution in [2.45, 2.75) is 63.0 Å². The molecule has 0 unspecified atom stereocenters.